The maximum atomic E-state index is 5.49. The number of ether oxygens (including phenoxy) is 2. The summed E-state index contributed by atoms with van der Waals surface area (Å²) in [6, 6.07) is 6.75. The molecule has 0 aliphatic rings. The lowest BCUT2D eigenvalue weighted by Gasteiger charge is -2.26. The maximum absolute atomic E-state index is 5.49. The summed E-state index contributed by atoms with van der Waals surface area (Å²) in [6.45, 7) is 49.8. The summed E-state index contributed by atoms with van der Waals surface area (Å²) in [7, 11) is -4.54. The molecule has 0 saturated carbocycles. The standard InChI is InChI=1S/C11H22N2OSi2.C10H17NSi.C9H16O2Si.2C8H14N2Si/c1-14-11-12-8-9(15(2,3)4)10(13-11)16(5,6)7;1-5-9-7-6-8-11-10(9)12(2,3)4;1-7-8(10-2)6-11-9(7)12(3,4)5;1-7-8(11(2,3)4)10-6-5-9-7;1-7-5-6-9-10-8(7)11(2,3)4/h8H,1-7H3;6-8H,5H2,1-4H3;6H,1-5H3;2*5-6H,1-4H3. The number of hydrogen-bond acceptors (Lipinski definition) is 10. The molecule has 5 rings (SSSR count). The Bertz CT molecular complexity index is 2070. The number of aromatic nitrogens is 7. The molecule has 344 valence electrons. The Labute approximate surface area is 383 Å². The Morgan fingerprint density at radius 3 is 1.44 bits per heavy atom. The maximum Gasteiger partial charge on any atom is 0.315 e. The van der Waals surface area contributed by atoms with Crippen LogP contribution in [0.2, 0.25) is 118 Å². The highest BCUT2D eigenvalue weighted by Crippen LogP contribution is 2.19. The SMILES string of the molecule is CCc1cccnc1[Si](C)(C)C.COc1coc([Si](C)(C)C)c1C.COc1ncc([Si](C)(C)C)c([Si](C)(C)C)n1.Cc1ccnnc1[Si](C)(C)C.Cc1nccnc1[Si](C)(C)C. The second-order valence-electron chi connectivity index (χ2n) is 21.8. The van der Waals surface area contributed by atoms with Crippen LogP contribution in [0.25, 0.3) is 0 Å². The molecule has 16 heteroatoms. The van der Waals surface area contributed by atoms with E-state index in [1.54, 1.807) is 39.1 Å². The summed E-state index contributed by atoms with van der Waals surface area (Å²) in [5.74, 6) is 0.868. The average Bonchev–Trinajstić information content (AvgIpc) is 3.55. The van der Waals surface area contributed by atoms with Gasteiger partial charge in [0.1, 0.15) is 46.6 Å². The van der Waals surface area contributed by atoms with Crippen LogP contribution in [0.3, 0.4) is 0 Å². The van der Waals surface area contributed by atoms with Gasteiger partial charge in [-0.1, -0.05) is 131 Å². The zero-order valence-corrected chi connectivity index (χ0v) is 49.3. The Kier molecular flexibility index (Phi) is 21.4. The average molecular weight is 951 g/mol. The van der Waals surface area contributed by atoms with E-state index in [0.717, 1.165) is 28.8 Å². The van der Waals surface area contributed by atoms with Crippen LogP contribution in [0.1, 0.15) is 29.3 Å². The van der Waals surface area contributed by atoms with Gasteiger partial charge in [0.15, 0.2) is 5.75 Å². The number of hydrogen-bond donors (Lipinski definition) is 0. The van der Waals surface area contributed by atoms with E-state index in [-0.39, 0.29) is 0 Å². The van der Waals surface area contributed by atoms with Crippen molar-refractivity contribution in [3.63, 3.8) is 0 Å². The quantitative estimate of drug-likeness (QED) is 0.133. The van der Waals surface area contributed by atoms with Crippen molar-refractivity contribution in [3.05, 3.63) is 77.8 Å². The van der Waals surface area contributed by atoms with Crippen LogP contribution < -0.4 is 41.3 Å². The Morgan fingerprint density at radius 1 is 0.548 bits per heavy atom. The largest absolute Gasteiger partial charge is 0.493 e. The molecule has 0 fully saturated rings. The summed E-state index contributed by atoms with van der Waals surface area (Å²) >= 11 is 0. The van der Waals surface area contributed by atoms with Crippen molar-refractivity contribution in [3.8, 4) is 11.8 Å². The van der Waals surface area contributed by atoms with Gasteiger partial charge in [-0.15, -0.1) is 0 Å². The van der Waals surface area contributed by atoms with Gasteiger partial charge in [0.2, 0.25) is 0 Å². The highest BCUT2D eigenvalue weighted by atomic mass is 28.3. The van der Waals surface area contributed by atoms with Crippen molar-refractivity contribution in [2.75, 3.05) is 14.2 Å². The van der Waals surface area contributed by atoms with Gasteiger partial charge in [0.25, 0.3) is 0 Å². The fraction of sp³-hybridized carbons (Fsp3) is 0.543. The zero-order valence-electron chi connectivity index (χ0n) is 43.3. The van der Waals surface area contributed by atoms with Crippen LogP contribution in [0.15, 0.2) is 59.9 Å². The Balaban J connectivity index is 0.000000390. The van der Waals surface area contributed by atoms with Crippen molar-refractivity contribution < 1.29 is 13.9 Å². The molecule has 5 aromatic heterocycles. The molecule has 5 aromatic rings. The van der Waals surface area contributed by atoms with E-state index in [1.807, 2.05) is 31.5 Å². The minimum atomic E-state index is -1.43. The van der Waals surface area contributed by atoms with Gasteiger partial charge in [0.05, 0.1) is 33.4 Å². The number of pyridine rings is 1. The monoisotopic (exact) mass is 950 g/mol. The highest BCUT2D eigenvalue weighted by molar-refractivity contribution is 6.98. The second-order valence-corrected chi connectivity index (χ2v) is 51.7. The van der Waals surface area contributed by atoms with Crippen LogP contribution in [0.4, 0.5) is 0 Å². The molecule has 0 aliphatic carbocycles. The van der Waals surface area contributed by atoms with Crippen molar-refractivity contribution in [2.24, 2.45) is 0 Å². The van der Waals surface area contributed by atoms with E-state index in [0.29, 0.717) is 6.01 Å². The molecule has 10 nitrogen and oxygen atoms in total. The molecule has 0 saturated heterocycles. The highest BCUT2D eigenvalue weighted by Gasteiger charge is 2.30. The summed E-state index contributed by atoms with van der Waals surface area (Å²) in [4.78, 5) is 21.9. The molecule has 0 radical (unpaired) electrons. The first-order chi connectivity index (χ1) is 28.2. The number of aryl methyl sites for hydroxylation is 3. The Hall–Kier alpha value is -3.43. The fourth-order valence-corrected chi connectivity index (χ4v) is 18.0. The van der Waals surface area contributed by atoms with E-state index >= 15 is 0 Å². The molecule has 0 unspecified atom stereocenters. The number of methoxy groups -OCH3 is 2. The van der Waals surface area contributed by atoms with Crippen LogP contribution in [-0.4, -0.2) is 97.8 Å². The van der Waals surface area contributed by atoms with Crippen LogP contribution in [-0.2, 0) is 6.42 Å². The minimum absolute atomic E-state index is 0.499. The molecular weight excluding hydrogens is 867 g/mol. The van der Waals surface area contributed by atoms with Gasteiger partial charge in [0, 0.05) is 57.8 Å². The van der Waals surface area contributed by atoms with Crippen molar-refractivity contribution in [2.45, 2.75) is 152 Å². The fourth-order valence-electron chi connectivity index (χ4n) is 6.60. The molecule has 0 aliphatic heterocycles. The number of rotatable bonds is 9. The topological polar surface area (TPSA) is 122 Å². The lowest BCUT2D eigenvalue weighted by Crippen LogP contribution is -2.58. The number of furan rings is 1. The van der Waals surface area contributed by atoms with Gasteiger partial charge >= 0.3 is 6.01 Å². The van der Waals surface area contributed by atoms with E-state index in [1.165, 1.54) is 37.6 Å². The van der Waals surface area contributed by atoms with E-state index < -0.39 is 48.4 Å². The third-order valence-electron chi connectivity index (χ3n) is 9.57. The minimum Gasteiger partial charge on any atom is -0.493 e. The zero-order chi connectivity index (χ0) is 48.1. The normalized spacial score (nSPS) is 11.9. The van der Waals surface area contributed by atoms with Crippen molar-refractivity contribution >= 4 is 80.3 Å². The van der Waals surface area contributed by atoms with E-state index in [2.05, 4.69) is 180 Å². The van der Waals surface area contributed by atoms with Gasteiger partial charge in [-0.25, -0.2) is 9.97 Å². The third kappa shape index (κ3) is 18.4. The number of nitrogens with zero attached hydrogens (tertiary/aromatic N) is 7. The third-order valence-corrected chi connectivity index (χ3v) is 21.2. The molecule has 0 amide bonds. The lowest BCUT2D eigenvalue weighted by molar-refractivity contribution is 0.381. The summed E-state index contributed by atoms with van der Waals surface area (Å²) in [5, 5.41) is 15.7. The smallest absolute Gasteiger partial charge is 0.315 e. The first-order valence-corrected chi connectivity index (χ1v) is 42.8. The molecule has 0 atom stereocenters. The van der Waals surface area contributed by atoms with Gasteiger partial charge in [-0.3, -0.25) is 15.0 Å². The summed E-state index contributed by atoms with van der Waals surface area (Å²) in [6.07, 6.45) is 12.0. The van der Waals surface area contributed by atoms with Crippen molar-refractivity contribution in [1.82, 2.24) is 35.1 Å². The van der Waals surface area contributed by atoms with Crippen LogP contribution in [0.5, 0.6) is 11.8 Å². The van der Waals surface area contributed by atoms with Crippen molar-refractivity contribution in [1.29, 1.82) is 0 Å². The summed E-state index contributed by atoms with van der Waals surface area (Å²) < 4.78 is 15.8. The van der Waals surface area contributed by atoms with Gasteiger partial charge in [-0.05, 0) is 55.6 Å². The molecule has 5 heterocycles. The van der Waals surface area contributed by atoms with Gasteiger partial charge < -0.3 is 13.9 Å². The Morgan fingerprint density at radius 2 is 1.08 bits per heavy atom. The molecule has 0 bridgehead atoms. The van der Waals surface area contributed by atoms with E-state index in [4.69, 9.17) is 13.9 Å². The van der Waals surface area contributed by atoms with Crippen LogP contribution >= 0.6 is 0 Å². The predicted octanol–water partition coefficient (Wildman–Crippen LogP) is 8.57. The molecular formula is C46H83N7O3Si6. The first kappa shape index (κ1) is 56.6. The second kappa shape index (κ2) is 23.5. The molecule has 0 N–H and O–H groups in total. The predicted molar refractivity (Wildman–Crippen MR) is 284 cm³/mol. The lowest BCUT2D eigenvalue weighted by atomic mass is 10.2. The van der Waals surface area contributed by atoms with Crippen LogP contribution in [0, 0.1) is 20.8 Å². The molecule has 0 spiro atoms. The summed E-state index contributed by atoms with van der Waals surface area (Å²) in [5.41, 5.74) is 4.96. The first-order valence-electron chi connectivity index (χ1n) is 21.8. The van der Waals surface area contributed by atoms with Gasteiger partial charge in [-0.2, -0.15) is 10.2 Å². The molecule has 62 heavy (non-hydrogen) atoms. The molecule has 0 aromatic carbocycles. The van der Waals surface area contributed by atoms with E-state index in [9.17, 15) is 0 Å².